The van der Waals surface area contributed by atoms with Crippen LogP contribution in [0.15, 0.2) is 12.4 Å². The summed E-state index contributed by atoms with van der Waals surface area (Å²) in [5, 5.41) is 19.0. The number of carboxylic acids is 1. The third kappa shape index (κ3) is 4.21. The molecule has 1 fully saturated rings. The zero-order chi connectivity index (χ0) is 22.4. The van der Waals surface area contributed by atoms with Crippen LogP contribution in [0.3, 0.4) is 0 Å². The van der Waals surface area contributed by atoms with Gasteiger partial charge in [0.15, 0.2) is 5.82 Å². The van der Waals surface area contributed by atoms with E-state index in [4.69, 9.17) is 9.84 Å². The number of nitrogens with one attached hydrogen (secondary N) is 2. The Morgan fingerprint density at radius 3 is 2.48 bits per heavy atom. The molecule has 164 valence electrons. The highest BCUT2D eigenvalue weighted by atomic mass is 16.6. The molecule has 0 unspecified atom stereocenters. The number of aromatic nitrogens is 4. The van der Waals surface area contributed by atoms with E-state index < -0.39 is 23.2 Å². The van der Waals surface area contributed by atoms with Crippen LogP contribution in [0.2, 0.25) is 0 Å². The van der Waals surface area contributed by atoms with E-state index in [2.05, 4.69) is 25.5 Å². The number of rotatable bonds is 4. The predicted molar refractivity (Wildman–Crippen MR) is 106 cm³/mol. The number of carboxylic acid groups (broad SMARTS) is 1. The van der Waals surface area contributed by atoms with E-state index >= 15 is 0 Å². The molecule has 0 bridgehead atoms. The lowest BCUT2D eigenvalue weighted by Gasteiger charge is -2.30. The molecule has 0 atom stereocenters. The largest absolute Gasteiger partial charge is 0.478 e. The van der Waals surface area contributed by atoms with Gasteiger partial charge in [-0.2, -0.15) is 5.10 Å². The average Bonchev–Trinajstić information content (AvgIpc) is 3.35. The summed E-state index contributed by atoms with van der Waals surface area (Å²) in [6.45, 7) is 6.09. The first kappa shape index (κ1) is 20.8. The molecular formula is C20H24N6O5. The minimum absolute atomic E-state index is 0.0178. The van der Waals surface area contributed by atoms with Crippen molar-refractivity contribution < 1.29 is 24.2 Å². The highest BCUT2D eigenvalue weighted by molar-refractivity contribution is 5.95. The number of aromatic amines is 1. The van der Waals surface area contributed by atoms with E-state index in [1.165, 1.54) is 12.4 Å². The third-order valence-electron chi connectivity index (χ3n) is 5.23. The van der Waals surface area contributed by atoms with Crippen molar-refractivity contribution in [1.82, 2.24) is 30.4 Å². The fourth-order valence-electron chi connectivity index (χ4n) is 3.46. The summed E-state index contributed by atoms with van der Waals surface area (Å²) < 4.78 is 5.44. The maximum atomic E-state index is 13.0. The van der Waals surface area contributed by atoms with Gasteiger partial charge in [0, 0.05) is 30.9 Å². The van der Waals surface area contributed by atoms with Gasteiger partial charge in [-0.25, -0.2) is 19.6 Å². The number of carbonyl (C=O) groups is 3. The number of nitrogens with zero attached hydrogens (tertiary/aromatic N) is 4. The molecule has 2 amide bonds. The topological polar surface area (TPSA) is 150 Å². The Hall–Kier alpha value is -3.50. The molecule has 31 heavy (non-hydrogen) atoms. The molecule has 0 radical (unpaired) electrons. The van der Waals surface area contributed by atoms with Crippen LogP contribution in [-0.4, -0.2) is 60.3 Å². The van der Waals surface area contributed by atoms with Crippen molar-refractivity contribution >= 4 is 18.0 Å². The summed E-state index contributed by atoms with van der Waals surface area (Å²) >= 11 is 0. The van der Waals surface area contributed by atoms with Crippen LogP contribution in [-0.2, 0) is 23.2 Å². The van der Waals surface area contributed by atoms with Crippen LogP contribution in [0, 0.1) is 0 Å². The first-order valence-electron chi connectivity index (χ1n) is 10.0. The lowest BCUT2D eigenvalue weighted by atomic mass is 10.0. The van der Waals surface area contributed by atoms with Crippen molar-refractivity contribution in [2.45, 2.75) is 57.7 Å². The average molecular weight is 428 g/mol. The zero-order valence-corrected chi connectivity index (χ0v) is 17.6. The van der Waals surface area contributed by atoms with Crippen molar-refractivity contribution in [2.24, 2.45) is 0 Å². The molecule has 2 aromatic rings. The van der Waals surface area contributed by atoms with Crippen molar-refractivity contribution in [3.8, 4) is 0 Å². The number of hydrogen-bond acceptors (Lipinski definition) is 7. The van der Waals surface area contributed by atoms with Crippen LogP contribution >= 0.6 is 0 Å². The van der Waals surface area contributed by atoms with Crippen molar-refractivity contribution in [3.63, 3.8) is 0 Å². The Morgan fingerprint density at radius 2 is 1.90 bits per heavy atom. The van der Waals surface area contributed by atoms with Gasteiger partial charge in [0.1, 0.15) is 16.8 Å². The van der Waals surface area contributed by atoms with Gasteiger partial charge in [0.2, 0.25) is 0 Å². The predicted octanol–water partition coefficient (Wildman–Crippen LogP) is 1.61. The molecule has 0 aromatic carbocycles. The van der Waals surface area contributed by atoms with Gasteiger partial charge in [-0.1, -0.05) is 0 Å². The van der Waals surface area contributed by atoms with E-state index in [9.17, 15) is 14.4 Å². The molecule has 2 aromatic heterocycles. The van der Waals surface area contributed by atoms with Gasteiger partial charge in [-0.05, 0) is 33.6 Å². The Morgan fingerprint density at radius 1 is 1.23 bits per heavy atom. The molecule has 1 aliphatic carbocycles. The summed E-state index contributed by atoms with van der Waals surface area (Å²) in [5.74, 6) is -1.11. The van der Waals surface area contributed by atoms with Gasteiger partial charge in [0.25, 0.3) is 5.91 Å². The molecule has 3 N–H and O–H groups in total. The quantitative estimate of drug-likeness (QED) is 0.664. The summed E-state index contributed by atoms with van der Waals surface area (Å²) in [5.41, 5.74) is 0.338. The smallest absolute Gasteiger partial charge is 0.410 e. The molecule has 11 heteroatoms. The minimum Gasteiger partial charge on any atom is -0.478 e. The second kappa shape index (κ2) is 7.33. The normalized spacial score (nSPS) is 16.9. The summed E-state index contributed by atoms with van der Waals surface area (Å²) in [7, 11) is 0. The second-order valence-electron chi connectivity index (χ2n) is 8.81. The standard InChI is InChI=1S/C20H24N6O5/c1-19(2,3)31-18(30)26-7-4-13-12(10-26)14(25-24-13)15(27)23-20(5-6-20)17-21-8-11(9-22-17)16(28)29/h8-9H,4-7,10H2,1-3H3,(H,23,27)(H,24,25)(H,28,29). The van der Waals surface area contributed by atoms with Gasteiger partial charge < -0.3 is 20.1 Å². The molecule has 3 heterocycles. The monoisotopic (exact) mass is 428 g/mol. The molecule has 2 aliphatic rings. The molecule has 0 saturated heterocycles. The van der Waals surface area contributed by atoms with Crippen LogP contribution in [0.25, 0.3) is 0 Å². The van der Waals surface area contributed by atoms with E-state index in [1.807, 2.05) is 0 Å². The first-order valence-corrected chi connectivity index (χ1v) is 10.0. The minimum atomic E-state index is -1.11. The lowest BCUT2D eigenvalue weighted by molar-refractivity contribution is 0.0222. The number of carbonyl (C=O) groups excluding carboxylic acids is 2. The summed E-state index contributed by atoms with van der Waals surface area (Å²) in [6, 6.07) is 0. The van der Waals surface area contributed by atoms with E-state index in [1.54, 1.807) is 25.7 Å². The number of hydrogen-bond donors (Lipinski definition) is 3. The fourth-order valence-corrected chi connectivity index (χ4v) is 3.46. The molecule has 1 saturated carbocycles. The van der Waals surface area contributed by atoms with Gasteiger partial charge >= 0.3 is 12.1 Å². The molecule has 4 rings (SSSR count). The molecule has 0 spiro atoms. The Labute approximate surface area is 178 Å². The van der Waals surface area contributed by atoms with Crippen LogP contribution < -0.4 is 5.32 Å². The Bertz CT molecular complexity index is 1040. The first-order chi connectivity index (χ1) is 14.6. The number of aromatic carboxylic acids is 1. The Balaban J connectivity index is 1.49. The maximum absolute atomic E-state index is 13.0. The number of H-pyrrole nitrogens is 1. The SMILES string of the molecule is CC(C)(C)OC(=O)N1CCc2n[nH]c(C(=O)NC3(c4ncc(C(=O)O)cn4)CC3)c2C1. The van der Waals surface area contributed by atoms with Crippen LogP contribution in [0.5, 0.6) is 0 Å². The zero-order valence-electron chi connectivity index (χ0n) is 17.6. The van der Waals surface area contributed by atoms with Crippen molar-refractivity contribution in [3.05, 3.63) is 40.7 Å². The van der Waals surface area contributed by atoms with Crippen molar-refractivity contribution in [1.29, 1.82) is 0 Å². The van der Waals surface area contributed by atoms with E-state index in [-0.39, 0.29) is 23.7 Å². The van der Waals surface area contributed by atoms with E-state index in [0.717, 1.165) is 5.69 Å². The van der Waals surface area contributed by atoms with Crippen molar-refractivity contribution in [2.75, 3.05) is 6.54 Å². The lowest BCUT2D eigenvalue weighted by Crippen LogP contribution is -2.41. The molecular weight excluding hydrogens is 404 g/mol. The van der Waals surface area contributed by atoms with Gasteiger partial charge in [-0.15, -0.1) is 0 Å². The Kier molecular flexibility index (Phi) is 4.91. The van der Waals surface area contributed by atoms with Gasteiger partial charge in [0.05, 0.1) is 17.8 Å². The number of fused-ring (bicyclic) bond motifs is 1. The van der Waals surface area contributed by atoms with E-state index in [0.29, 0.717) is 37.2 Å². The third-order valence-corrected chi connectivity index (χ3v) is 5.23. The highest BCUT2D eigenvalue weighted by Crippen LogP contribution is 2.44. The van der Waals surface area contributed by atoms with Crippen LogP contribution in [0.1, 0.15) is 71.5 Å². The fraction of sp³-hybridized carbons (Fsp3) is 0.500. The second-order valence-corrected chi connectivity index (χ2v) is 8.81. The summed E-state index contributed by atoms with van der Waals surface area (Å²) in [4.78, 5) is 46.3. The molecule has 11 nitrogen and oxygen atoms in total. The van der Waals surface area contributed by atoms with Crippen LogP contribution in [0.4, 0.5) is 4.79 Å². The number of amides is 2. The highest BCUT2D eigenvalue weighted by Gasteiger charge is 2.49. The van der Waals surface area contributed by atoms with Gasteiger partial charge in [-0.3, -0.25) is 9.89 Å². The number of ether oxygens (including phenoxy) is 1. The molecule has 1 aliphatic heterocycles. The summed E-state index contributed by atoms with van der Waals surface area (Å²) in [6.07, 6.45) is 3.83. The maximum Gasteiger partial charge on any atom is 0.410 e.